The van der Waals surface area contributed by atoms with E-state index in [2.05, 4.69) is 10.6 Å². The second-order valence-electron chi connectivity index (χ2n) is 5.40. The molecule has 0 unspecified atom stereocenters. The Hall–Kier alpha value is -2.48. The standard InChI is InChI=1S/C16H20N4O3S/c1-4-19(5-2)15(21)13-10(3)17-16(24)18-14(13)11-6-8-12(9-7-11)20(22)23/h6-9,14H,4-5H2,1-3H3,(H2,17,18,24)/t14-/m0/s1. The summed E-state index contributed by atoms with van der Waals surface area (Å²) < 4.78 is 0. The highest BCUT2D eigenvalue weighted by molar-refractivity contribution is 7.80. The normalized spacial score (nSPS) is 17.1. The first-order valence-corrected chi connectivity index (χ1v) is 8.11. The Bertz CT molecular complexity index is 696. The van der Waals surface area contributed by atoms with Crippen LogP contribution >= 0.6 is 12.2 Å². The van der Waals surface area contributed by atoms with Gasteiger partial charge in [-0.2, -0.15) is 0 Å². The molecule has 1 heterocycles. The predicted molar refractivity (Wildman–Crippen MR) is 95.3 cm³/mol. The maximum atomic E-state index is 12.9. The van der Waals surface area contributed by atoms with Gasteiger partial charge in [-0.25, -0.2) is 0 Å². The number of carbonyl (C=O) groups is 1. The van der Waals surface area contributed by atoms with E-state index < -0.39 is 11.0 Å². The summed E-state index contributed by atoms with van der Waals surface area (Å²) in [6, 6.07) is 5.71. The Labute approximate surface area is 145 Å². The van der Waals surface area contributed by atoms with Gasteiger partial charge in [0.2, 0.25) is 0 Å². The van der Waals surface area contributed by atoms with E-state index in [0.29, 0.717) is 29.5 Å². The molecule has 0 bridgehead atoms. The van der Waals surface area contributed by atoms with Crippen LogP contribution in [0.25, 0.3) is 0 Å². The fraction of sp³-hybridized carbons (Fsp3) is 0.375. The number of allylic oxidation sites excluding steroid dienone is 1. The van der Waals surface area contributed by atoms with Crippen molar-refractivity contribution in [1.29, 1.82) is 0 Å². The quantitative estimate of drug-likeness (QED) is 0.482. The summed E-state index contributed by atoms with van der Waals surface area (Å²) in [6.45, 7) is 6.86. The Morgan fingerprint density at radius 3 is 2.38 bits per heavy atom. The maximum absolute atomic E-state index is 12.9. The van der Waals surface area contributed by atoms with Gasteiger partial charge in [0.1, 0.15) is 0 Å². The summed E-state index contributed by atoms with van der Waals surface area (Å²) in [5.74, 6) is -0.0802. The average Bonchev–Trinajstić information content (AvgIpc) is 2.55. The van der Waals surface area contributed by atoms with E-state index in [-0.39, 0.29) is 11.6 Å². The van der Waals surface area contributed by atoms with Crippen molar-refractivity contribution in [1.82, 2.24) is 15.5 Å². The summed E-state index contributed by atoms with van der Waals surface area (Å²) in [5, 5.41) is 17.3. The molecule has 2 N–H and O–H groups in total. The lowest BCUT2D eigenvalue weighted by atomic mass is 9.94. The lowest BCUT2D eigenvalue weighted by Gasteiger charge is -2.33. The molecule has 0 saturated carbocycles. The first-order chi connectivity index (χ1) is 11.4. The number of thiocarbonyl (C=S) groups is 1. The lowest BCUT2D eigenvalue weighted by Crippen LogP contribution is -2.47. The van der Waals surface area contributed by atoms with Crippen LogP contribution in [0, 0.1) is 10.1 Å². The van der Waals surface area contributed by atoms with Crippen molar-refractivity contribution >= 4 is 28.9 Å². The van der Waals surface area contributed by atoms with Crippen LogP contribution in [0.1, 0.15) is 32.4 Å². The molecule has 24 heavy (non-hydrogen) atoms. The minimum absolute atomic E-state index is 0.00702. The number of non-ortho nitro benzene ring substituents is 1. The second kappa shape index (κ2) is 7.39. The first-order valence-electron chi connectivity index (χ1n) is 7.70. The summed E-state index contributed by atoms with van der Waals surface area (Å²) in [4.78, 5) is 25.0. The molecule has 8 heteroatoms. The van der Waals surface area contributed by atoms with Gasteiger partial charge in [-0.05, 0) is 50.7 Å². The van der Waals surface area contributed by atoms with Gasteiger partial charge >= 0.3 is 0 Å². The molecule has 1 aromatic rings. The molecular formula is C16H20N4O3S. The second-order valence-corrected chi connectivity index (χ2v) is 5.80. The first kappa shape index (κ1) is 17.9. The van der Waals surface area contributed by atoms with Crippen LogP contribution in [0.3, 0.4) is 0 Å². The van der Waals surface area contributed by atoms with E-state index in [4.69, 9.17) is 12.2 Å². The number of nitro groups is 1. The molecule has 0 spiro atoms. The largest absolute Gasteiger partial charge is 0.351 e. The summed E-state index contributed by atoms with van der Waals surface area (Å²) in [6.07, 6.45) is 0. The van der Waals surface area contributed by atoms with Gasteiger partial charge in [0, 0.05) is 30.9 Å². The van der Waals surface area contributed by atoms with Crippen molar-refractivity contribution in [3.63, 3.8) is 0 Å². The van der Waals surface area contributed by atoms with Crippen molar-refractivity contribution in [3.8, 4) is 0 Å². The SMILES string of the molecule is CCN(CC)C(=O)C1=C(C)NC(=S)N[C@H]1c1ccc([N+](=O)[O-])cc1. The van der Waals surface area contributed by atoms with E-state index in [1.54, 1.807) is 17.0 Å². The molecule has 1 atom stereocenters. The van der Waals surface area contributed by atoms with Crippen LogP contribution in [0.5, 0.6) is 0 Å². The molecule has 0 aromatic heterocycles. The van der Waals surface area contributed by atoms with E-state index in [9.17, 15) is 14.9 Å². The topological polar surface area (TPSA) is 87.5 Å². The van der Waals surface area contributed by atoms with Gasteiger partial charge in [-0.1, -0.05) is 0 Å². The molecular weight excluding hydrogens is 328 g/mol. The zero-order valence-corrected chi connectivity index (χ0v) is 14.6. The predicted octanol–water partition coefficient (Wildman–Crippen LogP) is 2.26. The number of nitrogens with zero attached hydrogens (tertiary/aromatic N) is 2. The highest BCUT2D eigenvalue weighted by Crippen LogP contribution is 2.29. The third kappa shape index (κ3) is 3.53. The molecule has 1 amide bonds. The van der Waals surface area contributed by atoms with Gasteiger partial charge < -0.3 is 15.5 Å². The highest BCUT2D eigenvalue weighted by Gasteiger charge is 2.31. The maximum Gasteiger partial charge on any atom is 0.269 e. The van der Waals surface area contributed by atoms with E-state index in [1.165, 1.54) is 12.1 Å². The smallest absolute Gasteiger partial charge is 0.269 e. The molecule has 2 rings (SSSR count). The minimum atomic E-state index is -0.451. The Kier molecular flexibility index (Phi) is 5.50. The number of rotatable bonds is 5. The Balaban J connectivity index is 2.44. The molecule has 1 aliphatic rings. The zero-order chi connectivity index (χ0) is 17.9. The number of likely N-dealkylation sites (N-methyl/N-ethyl adjacent to an activating group) is 1. The van der Waals surface area contributed by atoms with E-state index in [0.717, 1.165) is 5.56 Å². The van der Waals surface area contributed by atoms with E-state index >= 15 is 0 Å². The van der Waals surface area contributed by atoms with Crippen LogP contribution < -0.4 is 10.6 Å². The summed E-state index contributed by atoms with van der Waals surface area (Å²) >= 11 is 5.20. The zero-order valence-electron chi connectivity index (χ0n) is 13.8. The molecule has 1 aromatic carbocycles. The number of carbonyl (C=O) groups excluding carboxylic acids is 1. The fourth-order valence-electron chi connectivity index (χ4n) is 2.70. The van der Waals surface area contributed by atoms with Crippen LogP contribution in [0.2, 0.25) is 0 Å². The lowest BCUT2D eigenvalue weighted by molar-refractivity contribution is -0.384. The summed E-state index contributed by atoms with van der Waals surface area (Å²) in [7, 11) is 0. The molecule has 0 radical (unpaired) electrons. The van der Waals surface area contributed by atoms with Gasteiger partial charge in [0.25, 0.3) is 11.6 Å². The molecule has 1 aliphatic heterocycles. The highest BCUT2D eigenvalue weighted by atomic mass is 32.1. The van der Waals surface area contributed by atoms with Crippen LogP contribution in [-0.2, 0) is 4.79 Å². The number of hydrogen-bond acceptors (Lipinski definition) is 4. The monoisotopic (exact) mass is 348 g/mol. The number of benzene rings is 1. The van der Waals surface area contributed by atoms with Crippen molar-refractivity contribution in [3.05, 3.63) is 51.2 Å². The fourth-order valence-corrected chi connectivity index (χ4v) is 2.97. The Morgan fingerprint density at radius 2 is 1.88 bits per heavy atom. The van der Waals surface area contributed by atoms with Crippen LogP contribution in [0.4, 0.5) is 5.69 Å². The van der Waals surface area contributed by atoms with Gasteiger partial charge in [-0.3, -0.25) is 14.9 Å². The third-order valence-corrected chi connectivity index (χ3v) is 4.21. The van der Waals surface area contributed by atoms with Gasteiger partial charge in [0.15, 0.2) is 5.11 Å². The van der Waals surface area contributed by atoms with Gasteiger partial charge in [-0.15, -0.1) is 0 Å². The molecule has 7 nitrogen and oxygen atoms in total. The van der Waals surface area contributed by atoms with E-state index in [1.807, 2.05) is 20.8 Å². The molecule has 0 saturated heterocycles. The van der Waals surface area contributed by atoms with Crippen molar-refractivity contribution in [2.24, 2.45) is 0 Å². The molecule has 0 aliphatic carbocycles. The van der Waals surface area contributed by atoms with Crippen molar-refractivity contribution < 1.29 is 9.72 Å². The van der Waals surface area contributed by atoms with Crippen LogP contribution in [0.15, 0.2) is 35.5 Å². The summed E-state index contributed by atoms with van der Waals surface area (Å²) in [5.41, 5.74) is 2.02. The Morgan fingerprint density at radius 1 is 1.29 bits per heavy atom. The molecule has 128 valence electrons. The van der Waals surface area contributed by atoms with Crippen LogP contribution in [-0.4, -0.2) is 33.9 Å². The minimum Gasteiger partial charge on any atom is -0.351 e. The van der Waals surface area contributed by atoms with Gasteiger partial charge in [0.05, 0.1) is 16.5 Å². The number of hydrogen-bond donors (Lipinski definition) is 2. The van der Waals surface area contributed by atoms with Crippen molar-refractivity contribution in [2.45, 2.75) is 26.8 Å². The number of amides is 1. The third-order valence-electron chi connectivity index (χ3n) is 3.99. The average molecular weight is 348 g/mol. The number of nitro benzene ring substituents is 1. The van der Waals surface area contributed by atoms with Crippen molar-refractivity contribution in [2.75, 3.05) is 13.1 Å². The number of nitrogens with one attached hydrogen (secondary N) is 2. The molecule has 0 fully saturated rings.